The minimum Gasteiger partial charge on any atom is -0.326 e. The average molecular weight is 249 g/mol. The fourth-order valence-electron chi connectivity index (χ4n) is 1.08. The number of hydrogen-bond donors (Lipinski definition) is 1. The topological polar surface area (TPSA) is 83.9 Å². The fourth-order valence-corrected chi connectivity index (χ4v) is 2.25. The van der Waals surface area contributed by atoms with E-state index in [1.165, 1.54) is 12.1 Å². The predicted molar refractivity (Wildman–Crippen MR) is 52.0 cm³/mol. The van der Waals surface area contributed by atoms with E-state index in [9.17, 15) is 12.8 Å². The zero-order chi connectivity index (χ0) is 11.6. The number of nitrogens with two attached hydrogens (primary N) is 1. The Morgan fingerprint density at radius 3 is 2.53 bits per heavy atom. The Kier molecular flexibility index (Phi) is 3.29. The number of rotatable bonds is 2. The Morgan fingerprint density at radius 1 is 1.53 bits per heavy atom. The zero-order valence-electron chi connectivity index (χ0n) is 7.37. The van der Waals surface area contributed by atoms with Crippen molar-refractivity contribution in [1.29, 1.82) is 5.26 Å². The summed E-state index contributed by atoms with van der Waals surface area (Å²) in [7, 11) is 0.727. The van der Waals surface area contributed by atoms with Crippen molar-refractivity contribution < 1.29 is 12.8 Å². The molecule has 1 aromatic carbocycles. The van der Waals surface area contributed by atoms with E-state index in [-0.39, 0.29) is 17.7 Å². The molecule has 2 N–H and O–H groups in total. The Balaban J connectivity index is 3.67. The lowest BCUT2D eigenvalue weighted by molar-refractivity contribution is 0.564. The summed E-state index contributed by atoms with van der Waals surface area (Å²) in [5.74, 6) is -1.06. The van der Waals surface area contributed by atoms with Crippen molar-refractivity contribution in [3.8, 4) is 6.07 Å². The molecule has 0 heterocycles. The highest BCUT2D eigenvalue weighted by atomic mass is 35.7. The second kappa shape index (κ2) is 4.14. The number of benzene rings is 1. The first-order valence-corrected chi connectivity index (χ1v) is 6.09. The van der Waals surface area contributed by atoms with Crippen LogP contribution in [0.3, 0.4) is 0 Å². The predicted octanol–water partition coefficient (Wildman–Crippen LogP) is 1.08. The van der Waals surface area contributed by atoms with Gasteiger partial charge in [-0.2, -0.15) is 5.26 Å². The highest BCUT2D eigenvalue weighted by molar-refractivity contribution is 8.13. The van der Waals surface area contributed by atoms with E-state index in [4.69, 9.17) is 21.7 Å². The molecule has 0 saturated heterocycles. The van der Waals surface area contributed by atoms with Crippen LogP contribution >= 0.6 is 10.7 Å². The van der Waals surface area contributed by atoms with Crippen molar-refractivity contribution in [3.63, 3.8) is 0 Å². The molecule has 0 atom stereocenters. The van der Waals surface area contributed by atoms with Gasteiger partial charge in [0.05, 0.1) is 5.56 Å². The standard InChI is InChI=1S/C8H6ClFN2O2S/c9-15(13,14)8-6(4-12)2-1-5(3-11)7(8)10/h1-2H,3,11H2. The number of nitrogens with zero attached hydrogens (tertiary/aromatic N) is 1. The maximum absolute atomic E-state index is 13.5. The van der Waals surface area contributed by atoms with Gasteiger partial charge >= 0.3 is 0 Å². The quantitative estimate of drug-likeness (QED) is 0.794. The second-order valence-corrected chi connectivity index (χ2v) is 5.17. The van der Waals surface area contributed by atoms with E-state index in [1.807, 2.05) is 0 Å². The van der Waals surface area contributed by atoms with E-state index in [2.05, 4.69) is 0 Å². The van der Waals surface area contributed by atoms with Crippen molar-refractivity contribution in [3.05, 3.63) is 29.1 Å². The molecule has 0 aromatic heterocycles. The summed E-state index contributed by atoms with van der Waals surface area (Å²) in [5.41, 5.74) is 4.85. The zero-order valence-corrected chi connectivity index (χ0v) is 8.94. The average Bonchev–Trinajstić information content (AvgIpc) is 2.15. The van der Waals surface area contributed by atoms with Crippen molar-refractivity contribution in [2.75, 3.05) is 0 Å². The first-order valence-electron chi connectivity index (χ1n) is 3.78. The minimum atomic E-state index is -4.29. The van der Waals surface area contributed by atoms with Gasteiger partial charge in [0, 0.05) is 22.8 Å². The van der Waals surface area contributed by atoms with Crippen molar-refractivity contribution in [2.45, 2.75) is 11.4 Å². The first kappa shape index (κ1) is 11.9. The molecule has 0 spiro atoms. The van der Waals surface area contributed by atoms with Gasteiger partial charge in [0.1, 0.15) is 16.8 Å². The Bertz CT molecular complexity index is 536. The van der Waals surface area contributed by atoms with Gasteiger partial charge in [-0.3, -0.25) is 0 Å². The number of halogens is 2. The molecule has 7 heteroatoms. The summed E-state index contributed by atoms with van der Waals surface area (Å²) in [6.07, 6.45) is 0. The Labute approximate surface area is 90.5 Å². The van der Waals surface area contributed by atoms with Crippen LogP contribution in [0, 0.1) is 17.1 Å². The van der Waals surface area contributed by atoms with Crippen LogP contribution in [-0.4, -0.2) is 8.42 Å². The highest BCUT2D eigenvalue weighted by Crippen LogP contribution is 2.25. The van der Waals surface area contributed by atoms with E-state index in [0.717, 1.165) is 0 Å². The van der Waals surface area contributed by atoms with Crippen LogP contribution < -0.4 is 5.73 Å². The van der Waals surface area contributed by atoms with Gasteiger partial charge in [-0.1, -0.05) is 6.07 Å². The lowest BCUT2D eigenvalue weighted by atomic mass is 10.1. The van der Waals surface area contributed by atoms with Gasteiger partial charge < -0.3 is 5.73 Å². The Morgan fingerprint density at radius 2 is 2.13 bits per heavy atom. The smallest absolute Gasteiger partial charge is 0.265 e. The highest BCUT2D eigenvalue weighted by Gasteiger charge is 2.23. The van der Waals surface area contributed by atoms with E-state index < -0.39 is 19.8 Å². The Hall–Kier alpha value is -1.16. The normalized spacial score (nSPS) is 11.1. The molecular formula is C8H6ClFN2O2S. The van der Waals surface area contributed by atoms with Gasteiger partial charge in [0.2, 0.25) is 0 Å². The van der Waals surface area contributed by atoms with Crippen LogP contribution in [-0.2, 0) is 15.6 Å². The third-order valence-corrected chi connectivity index (χ3v) is 3.11. The molecule has 0 unspecified atom stereocenters. The molecule has 0 amide bonds. The third-order valence-electron chi connectivity index (χ3n) is 1.76. The molecule has 15 heavy (non-hydrogen) atoms. The molecular weight excluding hydrogens is 243 g/mol. The van der Waals surface area contributed by atoms with Gasteiger partial charge in [-0.15, -0.1) is 0 Å². The minimum absolute atomic E-state index is 0.00627. The largest absolute Gasteiger partial charge is 0.326 e. The second-order valence-electron chi connectivity index (χ2n) is 2.67. The van der Waals surface area contributed by atoms with Crippen LogP contribution in [0.5, 0.6) is 0 Å². The molecule has 0 aliphatic heterocycles. The molecule has 1 aromatic rings. The van der Waals surface area contributed by atoms with Crippen molar-refractivity contribution in [1.82, 2.24) is 0 Å². The monoisotopic (exact) mass is 248 g/mol. The summed E-state index contributed by atoms with van der Waals surface area (Å²) in [6, 6.07) is 3.97. The molecule has 0 fully saturated rings. The van der Waals surface area contributed by atoms with Crippen molar-refractivity contribution >= 4 is 19.7 Å². The van der Waals surface area contributed by atoms with Crippen LogP contribution in [0.25, 0.3) is 0 Å². The molecule has 4 nitrogen and oxygen atoms in total. The summed E-state index contributed by atoms with van der Waals surface area (Å²) < 4.78 is 35.6. The summed E-state index contributed by atoms with van der Waals surface area (Å²) >= 11 is 0. The molecule has 1 rings (SSSR count). The summed E-state index contributed by atoms with van der Waals surface area (Å²) in [4.78, 5) is -0.811. The maximum atomic E-state index is 13.5. The molecule has 0 bridgehead atoms. The SMILES string of the molecule is N#Cc1ccc(CN)c(F)c1S(=O)(=O)Cl. The van der Waals surface area contributed by atoms with Gasteiger partial charge in [0.25, 0.3) is 9.05 Å². The van der Waals surface area contributed by atoms with Gasteiger partial charge in [-0.05, 0) is 6.07 Å². The van der Waals surface area contributed by atoms with E-state index >= 15 is 0 Å². The van der Waals surface area contributed by atoms with Crippen LogP contribution in [0.4, 0.5) is 4.39 Å². The molecule has 0 saturated carbocycles. The van der Waals surface area contributed by atoms with E-state index in [1.54, 1.807) is 6.07 Å². The summed E-state index contributed by atoms with van der Waals surface area (Å²) in [5, 5.41) is 8.60. The van der Waals surface area contributed by atoms with Crippen molar-refractivity contribution in [2.24, 2.45) is 5.73 Å². The third kappa shape index (κ3) is 2.26. The van der Waals surface area contributed by atoms with E-state index in [0.29, 0.717) is 0 Å². The lowest BCUT2D eigenvalue weighted by Gasteiger charge is -2.05. The van der Waals surface area contributed by atoms with Gasteiger partial charge in [-0.25, -0.2) is 12.8 Å². The molecule has 0 aliphatic carbocycles. The number of hydrogen-bond acceptors (Lipinski definition) is 4. The molecule has 80 valence electrons. The van der Waals surface area contributed by atoms with Gasteiger partial charge in [0.15, 0.2) is 0 Å². The van der Waals surface area contributed by atoms with Crippen LogP contribution in [0.2, 0.25) is 0 Å². The fraction of sp³-hybridized carbons (Fsp3) is 0.125. The molecule has 0 aliphatic rings. The summed E-state index contributed by atoms with van der Waals surface area (Å²) in [6.45, 7) is -0.170. The van der Waals surface area contributed by atoms with Crippen LogP contribution in [0.15, 0.2) is 17.0 Å². The number of nitriles is 1. The maximum Gasteiger partial charge on any atom is 0.265 e. The molecule has 0 radical (unpaired) electrons. The lowest BCUT2D eigenvalue weighted by Crippen LogP contribution is -2.06. The van der Waals surface area contributed by atoms with Crippen LogP contribution in [0.1, 0.15) is 11.1 Å². The first-order chi connectivity index (χ1) is 6.91.